The molecule has 0 aliphatic heterocycles. The van der Waals surface area contributed by atoms with Crippen molar-refractivity contribution in [3.63, 3.8) is 0 Å². The number of nitrogens with one attached hydrogen (secondary N) is 1. The third kappa shape index (κ3) is 4.40. The summed E-state index contributed by atoms with van der Waals surface area (Å²) in [6, 6.07) is 36.4. The van der Waals surface area contributed by atoms with E-state index in [-0.39, 0.29) is 0 Å². The Hall–Kier alpha value is -3.34. The molecular formula is C31H24BNS2. The summed E-state index contributed by atoms with van der Waals surface area (Å²) in [7, 11) is 6.52. The third-order valence-corrected chi connectivity index (χ3v) is 8.70. The first kappa shape index (κ1) is 22.1. The number of anilines is 2. The first-order valence-corrected chi connectivity index (χ1v) is 13.6. The number of para-hydroxylation sites is 1. The van der Waals surface area contributed by atoms with Crippen LogP contribution in [0, 0.1) is 0 Å². The summed E-state index contributed by atoms with van der Waals surface area (Å²) in [5.74, 6) is 0. The molecule has 2 aromatic heterocycles. The Morgan fingerprint density at radius 1 is 0.629 bits per heavy atom. The monoisotopic (exact) mass is 485 g/mol. The molecule has 1 N–H and O–H groups in total. The molecule has 1 nitrogen and oxygen atoms in total. The quantitative estimate of drug-likeness (QED) is 0.224. The average Bonchev–Trinajstić information content (AvgIpc) is 3.41. The molecule has 0 atom stereocenters. The van der Waals surface area contributed by atoms with E-state index in [0.717, 1.165) is 29.7 Å². The Morgan fingerprint density at radius 2 is 1.29 bits per heavy atom. The van der Waals surface area contributed by atoms with Crippen molar-refractivity contribution in [2.24, 2.45) is 0 Å². The van der Waals surface area contributed by atoms with Crippen LogP contribution in [0.25, 0.3) is 31.3 Å². The summed E-state index contributed by atoms with van der Waals surface area (Å²) >= 11 is 3.58. The van der Waals surface area contributed by atoms with Crippen molar-refractivity contribution in [1.82, 2.24) is 0 Å². The van der Waals surface area contributed by atoms with Crippen molar-refractivity contribution < 1.29 is 0 Å². The highest BCUT2D eigenvalue weighted by atomic mass is 32.1. The van der Waals surface area contributed by atoms with Gasteiger partial charge < -0.3 is 5.32 Å². The average molecular weight is 485 g/mol. The smallest absolute Gasteiger partial charge is 0.129 e. The molecule has 0 unspecified atom stereocenters. The Balaban J connectivity index is 1.28. The van der Waals surface area contributed by atoms with Crippen LogP contribution in [0.5, 0.6) is 0 Å². The van der Waals surface area contributed by atoms with Gasteiger partial charge in [0.1, 0.15) is 7.85 Å². The van der Waals surface area contributed by atoms with Gasteiger partial charge in [0.05, 0.1) is 5.69 Å². The molecule has 168 valence electrons. The van der Waals surface area contributed by atoms with E-state index in [0.29, 0.717) is 0 Å². The second-order valence-electron chi connectivity index (χ2n) is 8.74. The lowest BCUT2D eigenvalue weighted by atomic mass is 9.89. The van der Waals surface area contributed by atoms with E-state index >= 15 is 0 Å². The zero-order valence-electron chi connectivity index (χ0n) is 19.3. The fourth-order valence-electron chi connectivity index (χ4n) is 4.84. The van der Waals surface area contributed by atoms with Gasteiger partial charge in [-0.3, -0.25) is 0 Å². The molecule has 0 aliphatic carbocycles. The maximum Gasteiger partial charge on any atom is 0.129 e. The number of hydrogen-bond acceptors (Lipinski definition) is 3. The predicted octanol–water partition coefficient (Wildman–Crippen LogP) is 8.50. The van der Waals surface area contributed by atoms with Crippen molar-refractivity contribution in [1.29, 1.82) is 0 Å². The summed E-state index contributed by atoms with van der Waals surface area (Å²) in [5.41, 5.74) is 6.19. The fraction of sp³-hybridized carbons (Fsp3) is 0.0968. The normalized spacial score (nSPS) is 11.3. The van der Waals surface area contributed by atoms with Gasteiger partial charge in [-0.2, -0.15) is 11.3 Å². The molecule has 0 aliphatic rings. The van der Waals surface area contributed by atoms with Gasteiger partial charge >= 0.3 is 0 Å². The van der Waals surface area contributed by atoms with Crippen molar-refractivity contribution >= 4 is 66.8 Å². The minimum absolute atomic E-state index is 0.900. The molecule has 4 heteroatoms. The van der Waals surface area contributed by atoms with Crippen LogP contribution in [-0.4, -0.2) is 7.85 Å². The van der Waals surface area contributed by atoms with Gasteiger partial charge in [-0.25, -0.2) is 0 Å². The minimum Gasteiger partial charge on any atom is -0.354 e. The van der Waals surface area contributed by atoms with Crippen molar-refractivity contribution in [3.8, 4) is 11.1 Å². The molecule has 0 bridgehead atoms. The van der Waals surface area contributed by atoms with Gasteiger partial charge in [0, 0.05) is 25.4 Å². The molecule has 2 radical (unpaired) electrons. The van der Waals surface area contributed by atoms with E-state index < -0.39 is 0 Å². The zero-order chi connectivity index (χ0) is 23.6. The van der Waals surface area contributed by atoms with Crippen LogP contribution in [0.2, 0.25) is 0 Å². The standard InChI is InChI=1S/C31H24BNS2/c32-31-29(24-16-6-8-18-26(24)35-31)23-15-5-4-11-21(23)12-10-20-28-30(33-22-13-2-1-3-14-22)25-17-7-9-19-27(25)34-28/h1-9,11,13-19,33H,10,12,20H2. The van der Waals surface area contributed by atoms with Crippen LogP contribution in [0.1, 0.15) is 16.9 Å². The van der Waals surface area contributed by atoms with E-state index in [1.54, 1.807) is 11.3 Å². The van der Waals surface area contributed by atoms with Gasteiger partial charge in [-0.15, -0.1) is 11.3 Å². The zero-order valence-corrected chi connectivity index (χ0v) is 21.0. The summed E-state index contributed by atoms with van der Waals surface area (Å²) in [6.45, 7) is 0. The second-order valence-corrected chi connectivity index (χ2v) is 11.0. The fourth-order valence-corrected chi connectivity index (χ4v) is 7.03. The molecule has 0 saturated heterocycles. The lowest BCUT2D eigenvalue weighted by molar-refractivity contribution is 0.833. The van der Waals surface area contributed by atoms with E-state index in [1.807, 2.05) is 11.3 Å². The SMILES string of the molecule is [B]c1sc2ccccc2c1-c1ccccc1CCCc1sc2ccccc2c1Nc1ccccc1. The second kappa shape index (κ2) is 9.73. The number of thiophene rings is 2. The summed E-state index contributed by atoms with van der Waals surface area (Å²) in [4.78, 5) is 1.41. The molecule has 6 rings (SSSR count). The van der Waals surface area contributed by atoms with E-state index in [1.165, 1.54) is 47.4 Å². The molecular weight excluding hydrogens is 461 g/mol. The van der Waals surface area contributed by atoms with Crippen molar-refractivity contribution in [2.45, 2.75) is 19.3 Å². The first-order valence-electron chi connectivity index (χ1n) is 12.0. The van der Waals surface area contributed by atoms with Gasteiger partial charge in [0.2, 0.25) is 0 Å². The summed E-state index contributed by atoms with van der Waals surface area (Å²) in [5, 5.41) is 6.25. The Labute approximate surface area is 215 Å². The van der Waals surface area contributed by atoms with Crippen LogP contribution >= 0.6 is 22.7 Å². The topological polar surface area (TPSA) is 12.0 Å². The van der Waals surface area contributed by atoms with E-state index in [4.69, 9.17) is 7.85 Å². The summed E-state index contributed by atoms with van der Waals surface area (Å²) in [6.07, 6.45) is 3.12. The molecule has 6 aromatic rings. The van der Waals surface area contributed by atoms with Crippen LogP contribution in [0.15, 0.2) is 103 Å². The van der Waals surface area contributed by atoms with Gasteiger partial charge in [0.25, 0.3) is 0 Å². The van der Waals surface area contributed by atoms with Gasteiger partial charge in [0.15, 0.2) is 0 Å². The Bertz CT molecular complexity index is 1610. The number of benzene rings is 4. The van der Waals surface area contributed by atoms with Crippen molar-refractivity contribution in [2.75, 3.05) is 5.32 Å². The van der Waals surface area contributed by atoms with Crippen molar-refractivity contribution in [3.05, 3.63) is 114 Å². The molecule has 4 aromatic carbocycles. The maximum absolute atomic E-state index is 6.52. The van der Waals surface area contributed by atoms with Gasteiger partial charge in [-0.1, -0.05) is 78.9 Å². The highest BCUT2D eigenvalue weighted by molar-refractivity contribution is 7.27. The van der Waals surface area contributed by atoms with E-state index in [2.05, 4.69) is 108 Å². The van der Waals surface area contributed by atoms with Crippen LogP contribution < -0.4 is 10.1 Å². The number of hydrogen-bond donors (Lipinski definition) is 1. The van der Waals surface area contributed by atoms with Gasteiger partial charge in [-0.05, 0) is 70.4 Å². The minimum atomic E-state index is 0.900. The lowest BCUT2D eigenvalue weighted by Crippen LogP contribution is -2.02. The van der Waals surface area contributed by atoms with Crippen LogP contribution in [-0.2, 0) is 12.8 Å². The predicted molar refractivity (Wildman–Crippen MR) is 156 cm³/mol. The molecule has 0 saturated carbocycles. The molecule has 35 heavy (non-hydrogen) atoms. The number of fused-ring (bicyclic) bond motifs is 2. The highest BCUT2D eigenvalue weighted by Gasteiger charge is 2.15. The number of aryl methyl sites for hydroxylation is 2. The first-order chi connectivity index (χ1) is 17.3. The molecule has 0 spiro atoms. The molecule has 0 amide bonds. The maximum atomic E-state index is 6.52. The largest absolute Gasteiger partial charge is 0.354 e. The highest BCUT2D eigenvalue weighted by Crippen LogP contribution is 2.39. The molecule has 2 heterocycles. The number of rotatable bonds is 7. The third-order valence-electron chi connectivity index (χ3n) is 6.47. The van der Waals surface area contributed by atoms with Crippen LogP contribution in [0.3, 0.4) is 0 Å². The Kier molecular flexibility index (Phi) is 6.16. The van der Waals surface area contributed by atoms with Crippen LogP contribution in [0.4, 0.5) is 11.4 Å². The lowest BCUT2D eigenvalue weighted by Gasteiger charge is -2.12. The Morgan fingerprint density at radius 3 is 2.11 bits per heavy atom. The van der Waals surface area contributed by atoms with E-state index in [9.17, 15) is 0 Å². The molecule has 0 fully saturated rings. The summed E-state index contributed by atoms with van der Waals surface area (Å²) < 4.78 is 3.48.